The number of rotatable bonds is 10. The second kappa shape index (κ2) is 15.6. The zero-order valence-corrected chi connectivity index (χ0v) is 31.1. The van der Waals surface area contributed by atoms with Gasteiger partial charge in [-0.3, -0.25) is 0 Å². The summed E-state index contributed by atoms with van der Waals surface area (Å²) in [5, 5.41) is 2.25. The van der Waals surface area contributed by atoms with Crippen molar-refractivity contribution in [2.24, 2.45) is 0 Å². The quantitative estimate of drug-likeness (QED) is 0.139. The lowest BCUT2D eigenvalue weighted by Crippen LogP contribution is -2.09. The predicted molar refractivity (Wildman–Crippen MR) is 235 cm³/mol. The third-order valence-electron chi connectivity index (χ3n) is 9.95. The van der Waals surface area contributed by atoms with Gasteiger partial charge in [0.2, 0.25) is 0 Å². The van der Waals surface area contributed by atoms with Crippen LogP contribution in [0.1, 0.15) is 0 Å². The second-order valence-electron chi connectivity index (χ2n) is 13.4. The van der Waals surface area contributed by atoms with Crippen molar-refractivity contribution in [1.29, 1.82) is 0 Å². The number of nitrogens with zero attached hydrogens (tertiary/aromatic N) is 2. The van der Waals surface area contributed by atoms with Crippen LogP contribution in [0.25, 0.3) is 44.5 Å². The first-order valence-corrected chi connectivity index (χ1v) is 19.4. The summed E-state index contributed by atoms with van der Waals surface area (Å²) in [5.41, 5.74) is 14.0. The van der Waals surface area contributed by atoms with Gasteiger partial charge < -0.3 is 9.80 Å². The summed E-state index contributed by atoms with van der Waals surface area (Å²) < 4.78 is 0. The van der Waals surface area contributed by atoms with Gasteiger partial charge >= 0.3 is 0 Å². The van der Waals surface area contributed by atoms with Crippen LogP contribution >= 0.6 is 11.3 Å². The Bertz CT molecular complexity index is 2230. The molecule has 9 aromatic rings. The van der Waals surface area contributed by atoms with Crippen LogP contribution in [0.2, 0.25) is 0 Å². The lowest BCUT2D eigenvalue weighted by molar-refractivity contribution is 1.31. The Balaban J connectivity index is 1.12. The molecular formula is C52H38N2S. The van der Waals surface area contributed by atoms with Crippen molar-refractivity contribution in [3.05, 3.63) is 231 Å². The van der Waals surface area contributed by atoms with Gasteiger partial charge in [-0.1, -0.05) is 181 Å². The Morgan fingerprint density at radius 2 is 0.400 bits per heavy atom. The second-order valence-corrected chi connectivity index (χ2v) is 14.5. The Morgan fingerprint density at radius 3 is 0.618 bits per heavy atom. The highest BCUT2D eigenvalue weighted by Crippen LogP contribution is 2.46. The Labute approximate surface area is 327 Å². The average Bonchev–Trinajstić information content (AvgIpc) is 3.75. The van der Waals surface area contributed by atoms with Gasteiger partial charge in [0.25, 0.3) is 0 Å². The Kier molecular flexibility index (Phi) is 9.59. The van der Waals surface area contributed by atoms with Gasteiger partial charge in [0.15, 0.2) is 0 Å². The van der Waals surface area contributed by atoms with Crippen LogP contribution in [0.3, 0.4) is 0 Å². The topological polar surface area (TPSA) is 6.48 Å². The molecule has 0 saturated carbocycles. The first-order chi connectivity index (χ1) is 27.3. The van der Waals surface area contributed by atoms with Crippen LogP contribution in [0.4, 0.5) is 32.8 Å². The van der Waals surface area contributed by atoms with Crippen LogP contribution in [-0.4, -0.2) is 0 Å². The maximum Gasteiger partial charge on any atom is 0.102 e. The highest BCUT2D eigenvalue weighted by molar-refractivity contribution is 7.20. The third kappa shape index (κ3) is 7.34. The van der Waals surface area contributed by atoms with E-state index in [9.17, 15) is 0 Å². The van der Waals surface area contributed by atoms with Gasteiger partial charge in [-0.2, -0.15) is 0 Å². The summed E-state index contributed by atoms with van der Waals surface area (Å²) in [4.78, 5) is 4.74. The largest absolute Gasteiger partial charge is 0.302 e. The molecule has 1 aromatic heterocycles. The zero-order valence-electron chi connectivity index (χ0n) is 30.2. The summed E-state index contributed by atoms with van der Waals surface area (Å²) in [6.07, 6.45) is 0. The number of anilines is 6. The predicted octanol–water partition coefficient (Wildman–Crippen LogP) is 15.4. The van der Waals surface area contributed by atoms with Gasteiger partial charge in [0, 0.05) is 22.7 Å². The van der Waals surface area contributed by atoms with E-state index in [0.717, 1.165) is 32.8 Å². The molecule has 0 radical (unpaired) electrons. The molecule has 0 saturated heterocycles. The van der Waals surface area contributed by atoms with Crippen molar-refractivity contribution >= 4 is 44.1 Å². The fourth-order valence-corrected chi connectivity index (χ4v) is 8.19. The van der Waals surface area contributed by atoms with Crippen molar-refractivity contribution in [2.75, 3.05) is 9.80 Å². The van der Waals surface area contributed by atoms with E-state index in [2.05, 4.69) is 240 Å². The SMILES string of the molecule is c1ccc(-c2ccc(N(c3ccc(-c4ccccc4)cc3)c3ccc(N(c4ccc(-c5ccccc5)cc4)c4ccc(-c5ccccc5)cc4)s3)cc2)cc1. The molecule has 1 heterocycles. The van der Waals surface area contributed by atoms with Gasteiger partial charge in [-0.05, 0) is 105 Å². The van der Waals surface area contributed by atoms with Gasteiger partial charge in [-0.25, -0.2) is 0 Å². The molecule has 55 heavy (non-hydrogen) atoms. The number of hydrogen-bond acceptors (Lipinski definition) is 3. The van der Waals surface area contributed by atoms with Crippen molar-refractivity contribution in [1.82, 2.24) is 0 Å². The minimum Gasteiger partial charge on any atom is -0.302 e. The maximum absolute atomic E-state index is 2.37. The maximum atomic E-state index is 2.37. The molecule has 9 rings (SSSR count). The molecule has 0 bridgehead atoms. The molecule has 0 fully saturated rings. The highest BCUT2D eigenvalue weighted by atomic mass is 32.1. The smallest absolute Gasteiger partial charge is 0.102 e. The van der Waals surface area contributed by atoms with Crippen LogP contribution in [0.15, 0.2) is 231 Å². The molecule has 0 N–H and O–H groups in total. The van der Waals surface area contributed by atoms with E-state index < -0.39 is 0 Å². The van der Waals surface area contributed by atoms with E-state index in [1.807, 2.05) is 0 Å². The molecule has 2 nitrogen and oxygen atoms in total. The van der Waals surface area contributed by atoms with Gasteiger partial charge in [-0.15, -0.1) is 0 Å². The first kappa shape index (κ1) is 33.9. The normalized spacial score (nSPS) is 10.9. The fourth-order valence-electron chi connectivity index (χ4n) is 7.10. The minimum absolute atomic E-state index is 1.10. The van der Waals surface area contributed by atoms with E-state index in [1.165, 1.54) is 44.5 Å². The van der Waals surface area contributed by atoms with E-state index in [1.54, 1.807) is 11.3 Å². The minimum atomic E-state index is 1.10. The summed E-state index contributed by atoms with van der Waals surface area (Å²) >= 11 is 1.78. The van der Waals surface area contributed by atoms with Crippen LogP contribution < -0.4 is 9.80 Å². The molecule has 0 unspecified atom stereocenters. The molecule has 262 valence electrons. The lowest BCUT2D eigenvalue weighted by atomic mass is 10.0. The van der Waals surface area contributed by atoms with Crippen LogP contribution in [0, 0.1) is 0 Å². The van der Waals surface area contributed by atoms with Crippen molar-refractivity contribution in [2.45, 2.75) is 0 Å². The Hall–Kier alpha value is -6.94. The van der Waals surface area contributed by atoms with E-state index in [4.69, 9.17) is 0 Å². The fraction of sp³-hybridized carbons (Fsp3) is 0. The van der Waals surface area contributed by atoms with Crippen LogP contribution in [0.5, 0.6) is 0 Å². The number of benzene rings is 8. The summed E-state index contributed by atoms with van der Waals surface area (Å²) in [5.74, 6) is 0. The lowest BCUT2D eigenvalue weighted by Gasteiger charge is -2.26. The van der Waals surface area contributed by atoms with Crippen LogP contribution in [-0.2, 0) is 0 Å². The first-order valence-electron chi connectivity index (χ1n) is 18.6. The average molecular weight is 723 g/mol. The summed E-state index contributed by atoms with van der Waals surface area (Å²) in [6, 6.07) is 82.4. The van der Waals surface area contributed by atoms with Gasteiger partial charge in [0.1, 0.15) is 10.0 Å². The standard InChI is InChI=1S/C52H38N2S/c1-5-13-39(14-6-1)43-21-29-47(30-22-43)53(48-31-23-44(24-32-48)40-15-7-2-8-16-40)51-37-38-52(55-51)54(49-33-25-45(26-34-49)41-17-9-3-10-18-41)50-35-27-46(28-36-50)42-19-11-4-12-20-42/h1-38H. The molecule has 0 aliphatic carbocycles. The molecule has 0 aliphatic heterocycles. The molecule has 0 aliphatic rings. The van der Waals surface area contributed by atoms with Gasteiger partial charge in [0.05, 0.1) is 0 Å². The number of thiophene rings is 1. The molecular weight excluding hydrogens is 685 g/mol. The summed E-state index contributed by atoms with van der Waals surface area (Å²) in [6.45, 7) is 0. The van der Waals surface area contributed by atoms with E-state index in [0.29, 0.717) is 0 Å². The zero-order chi connectivity index (χ0) is 36.8. The highest BCUT2D eigenvalue weighted by Gasteiger charge is 2.20. The molecule has 0 atom stereocenters. The molecule has 0 amide bonds. The molecule has 3 heteroatoms. The van der Waals surface area contributed by atoms with Crippen molar-refractivity contribution < 1.29 is 0 Å². The third-order valence-corrected chi connectivity index (χ3v) is 11.0. The Morgan fingerprint density at radius 1 is 0.200 bits per heavy atom. The monoisotopic (exact) mass is 722 g/mol. The molecule has 0 spiro atoms. The van der Waals surface area contributed by atoms with Crippen molar-refractivity contribution in [3.63, 3.8) is 0 Å². The van der Waals surface area contributed by atoms with Crippen molar-refractivity contribution in [3.8, 4) is 44.5 Å². The van der Waals surface area contributed by atoms with E-state index in [-0.39, 0.29) is 0 Å². The molecule has 8 aromatic carbocycles. The van der Waals surface area contributed by atoms with E-state index >= 15 is 0 Å². The summed E-state index contributed by atoms with van der Waals surface area (Å²) in [7, 11) is 0. The number of hydrogen-bond donors (Lipinski definition) is 0.